The Morgan fingerprint density at radius 1 is 1.11 bits per heavy atom. The molecule has 0 fully saturated rings. The first kappa shape index (κ1) is 9.03. The van der Waals surface area contributed by atoms with Gasteiger partial charge in [-0.15, -0.1) is 0 Å². The fourth-order valence-corrected chi connectivity index (χ4v) is 1.96. The minimum atomic E-state index is -1.93. The molecular weight excluding hydrogens is 311 g/mol. The van der Waals surface area contributed by atoms with Crippen LogP contribution in [0, 0.1) is 0 Å². The molecule has 0 radical (unpaired) electrons. The Hall–Kier alpha value is 0.0321. The van der Waals surface area contributed by atoms with E-state index in [1.54, 1.807) is 0 Å². The van der Waals surface area contributed by atoms with Crippen molar-refractivity contribution in [2.24, 2.45) is 0 Å². The van der Waals surface area contributed by atoms with Crippen molar-refractivity contribution in [1.29, 1.82) is 0 Å². The van der Waals surface area contributed by atoms with E-state index in [1.807, 2.05) is 30.3 Å². The molecular formula is C6H7FOTl. The van der Waals surface area contributed by atoms with Gasteiger partial charge in [-0.1, -0.05) is 0 Å². The van der Waals surface area contributed by atoms with Gasteiger partial charge in [0.05, 0.1) is 0 Å². The normalized spacial score (nSPS) is 7.22. The average molecular weight is 319 g/mol. The van der Waals surface area contributed by atoms with Crippen LogP contribution in [0.5, 0.6) is 0 Å². The van der Waals surface area contributed by atoms with Crippen LogP contribution in [0.4, 0.5) is 2.51 Å². The zero-order valence-electron chi connectivity index (χ0n) is 4.84. The van der Waals surface area contributed by atoms with Crippen LogP contribution in [0.25, 0.3) is 0 Å². The van der Waals surface area contributed by atoms with Gasteiger partial charge in [-0.2, -0.15) is 0 Å². The second-order valence-electron chi connectivity index (χ2n) is 1.52. The average Bonchev–Trinajstić information content (AvgIpc) is 1.90. The molecule has 1 rings (SSSR count). The number of benzene rings is 1. The molecule has 0 heterocycles. The van der Waals surface area contributed by atoms with Crippen LogP contribution in [0.1, 0.15) is 0 Å². The van der Waals surface area contributed by atoms with Gasteiger partial charge in [0, 0.05) is 0 Å². The van der Waals surface area contributed by atoms with Gasteiger partial charge in [-0.25, -0.2) is 0 Å². The van der Waals surface area contributed by atoms with Crippen LogP contribution in [0.15, 0.2) is 30.3 Å². The molecule has 0 atom stereocenters. The topological polar surface area (TPSA) is 31.5 Å². The van der Waals surface area contributed by atoms with Crippen LogP contribution < -0.4 is 3.12 Å². The maximum absolute atomic E-state index is 11.9. The first-order valence-corrected chi connectivity index (χ1v) is 6.36. The van der Waals surface area contributed by atoms with Crippen molar-refractivity contribution in [1.82, 2.24) is 0 Å². The van der Waals surface area contributed by atoms with Gasteiger partial charge in [0.1, 0.15) is 0 Å². The number of hydrogen-bond donors (Lipinski definition) is 0. The van der Waals surface area contributed by atoms with Crippen molar-refractivity contribution < 1.29 is 7.99 Å². The fraction of sp³-hybridized carbons (Fsp3) is 0. The fourth-order valence-electron chi connectivity index (χ4n) is 0.526. The molecule has 9 heavy (non-hydrogen) atoms. The van der Waals surface area contributed by atoms with E-state index in [4.69, 9.17) is 0 Å². The molecule has 0 saturated heterocycles. The summed E-state index contributed by atoms with van der Waals surface area (Å²) in [6, 6.07) is 9.38. The Balaban J connectivity index is 0.000000640. The molecule has 0 amide bonds. The van der Waals surface area contributed by atoms with E-state index >= 15 is 0 Å². The summed E-state index contributed by atoms with van der Waals surface area (Å²) >= 11 is -1.93. The molecule has 0 saturated carbocycles. The molecule has 0 aromatic heterocycles. The third-order valence-electron chi connectivity index (χ3n) is 0.926. The summed E-state index contributed by atoms with van der Waals surface area (Å²) in [7, 11) is 0. The molecule has 0 aliphatic carbocycles. The van der Waals surface area contributed by atoms with Crippen molar-refractivity contribution in [3.63, 3.8) is 0 Å². The van der Waals surface area contributed by atoms with E-state index in [0.29, 0.717) is 0 Å². The van der Waals surface area contributed by atoms with Crippen molar-refractivity contribution in [3.8, 4) is 0 Å². The zero-order valence-corrected chi connectivity index (χ0v) is 9.33. The third kappa shape index (κ3) is 2.90. The summed E-state index contributed by atoms with van der Waals surface area (Å²) in [4.78, 5) is 0. The molecule has 0 aliphatic heterocycles. The molecule has 0 bridgehead atoms. The van der Waals surface area contributed by atoms with Crippen LogP contribution in [0.3, 0.4) is 0 Å². The molecule has 3 heteroatoms. The molecule has 0 spiro atoms. The molecule has 1 aromatic carbocycles. The Labute approximate surface area is 66.3 Å². The summed E-state index contributed by atoms with van der Waals surface area (Å²) in [5.41, 5.74) is 0. The van der Waals surface area contributed by atoms with E-state index < -0.39 is 24.9 Å². The second-order valence-corrected chi connectivity index (χ2v) is 4.96. The van der Waals surface area contributed by atoms with E-state index in [9.17, 15) is 2.51 Å². The quantitative estimate of drug-likeness (QED) is 0.657. The van der Waals surface area contributed by atoms with E-state index in [-0.39, 0.29) is 5.48 Å². The first-order valence-electron chi connectivity index (χ1n) is 2.42. The van der Waals surface area contributed by atoms with Gasteiger partial charge < -0.3 is 5.48 Å². The van der Waals surface area contributed by atoms with Crippen molar-refractivity contribution in [2.75, 3.05) is 0 Å². The van der Waals surface area contributed by atoms with Gasteiger partial charge in [-0.3, -0.25) is 0 Å². The number of rotatable bonds is 1. The predicted molar refractivity (Wildman–Crippen MR) is 36.6 cm³/mol. The van der Waals surface area contributed by atoms with Gasteiger partial charge in [0.15, 0.2) is 0 Å². The summed E-state index contributed by atoms with van der Waals surface area (Å²) in [5, 5.41) is 0. The maximum atomic E-state index is 11.9. The second kappa shape index (κ2) is 4.87. The molecule has 1 nitrogen and oxygen atoms in total. The van der Waals surface area contributed by atoms with Crippen LogP contribution in [0.2, 0.25) is 0 Å². The van der Waals surface area contributed by atoms with E-state index in [0.717, 1.165) is 3.12 Å². The standard InChI is InChI=1S/C6H5.FH.H2O.Tl/c1-2-4-6-5-3-1;;;/h1-5H;1H;1H2;/q;;;+1/p-1. The van der Waals surface area contributed by atoms with Crippen molar-refractivity contribution in [3.05, 3.63) is 30.3 Å². The Morgan fingerprint density at radius 2 is 1.67 bits per heavy atom. The minimum absolute atomic E-state index is 0. The first-order chi connectivity index (χ1) is 3.93. The SMILES string of the molecule is O.[F][Tl][c]1ccccc1. The summed E-state index contributed by atoms with van der Waals surface area (Å²) < 4.78 is 12.9. The van der Waals surface area contributed by atoms with Crippen LogP contribution >= 0.6 is 0 Å². The van der Waals surface area contributed by atoms with Crippen LogP contribution in [-0.2, 0) is 0 Å². The van der Waals surface area contributed by atoms with Gasteiger partial charge >= 0.3 is 60.8 Å². The Morgan fingerprint density at radius 3 is 2.00 bits per heavy atom. The molecule has 0 unspecified atom stereocenters. The molecule has 1 aromatic rings. The third-order valence-corrected chi connectivity index (χ3v) is 3.40. The van der Waals surface area contributed by atoms with Crippen molar-refractivity contribution in [2.45, 2.75) is 0 Å². The summed E-state index contributed by atoms with van der Waals surface area (Å²) in [6.07, 6.45) is 0. The monoisotopic (exact) mass is 319 g/mol. The van der Waals surface area contributed by atoms with Gasteiger partial charge in [0.25, 0.3) is 0 Å². The Bertz CT molecular complexity index is 154. The van der Waals surface area contributed by atoms with Crippen molar-refractivity contribution >= 4 is 28.0 Å². The number of hydrogen-bond acceptors (Lipinski definition) is 0. The van der Waals surface area contributed by atoms with Gasteiger partial charge in [-0.05, 0) is 0 Å². The number of halogens is 1. The zero-order chi connectivity index (χ0) is 5.82. The molecule has 2 N–H and O–H groups in total. The Kier molecular flexibility index (Phi) is 4.89. The van der Waals surface area contributed by atoms with Gasteiger partial charge in [0.2, 0.25) is 0 Å². The summed E-state index contributed by atoms with van der Waals surface area (Å²) in [6.45, 7) is 0. The van der Waals surface area contributed by atoms with Crippen LogP contribution in [-0.4, -0.2) is 30.3 Å². The predicted octanol–water partition coefficient (Wildman–Crippen LogP) is 0.0759. The van der Waals surface area contributed by atoms with E-state index in [1.165, 1.54) is 0 Å². The summed E-state index contributed by atoms with van der Waals surface area (Å²) in [5.74, 6) is 0. The van der Waals surface area contributed by atoms with E-state index in [2.05, 4.69) is 0 Å². The molecule has 47 valence electrons. The molecule has 0 aliphatic rings.